The third kappa shape index (κ3) is 4.05. The van der Waals surface area contributed by atoms with Crippen LogP contribution in [0.3, 0.4) is 0 Å². The van der Waals surface area contributed by atoms with Crippen LogP contribution in [0, 0.1) is 11.3 Å². The zero-order valence-corrected chi connectivity index (χ0v) is 19.5. The fourth-order valence-electron chi connectivity index (χ4n) is 3.84. The Morgan fingerprint density at radius 1 is 1.16 bits per heavy atom. The number of aromatic amines is 1. The summed E-state index contributed by atoms with van der Waals surface area (Å²) in [6.45, 7) is 0. The second kappa shape index (κ2) is 8.55. The number of aromatic nitrogens is 6. The van der Waals surface area contributed by atoms with E-state index in [-0.39, 0.29) is 34.1 Å². The summed E-state index contributed by atoms with van der Waals surface area (Å²) in [6, 6.07) is 4.45. The van der Waals surface area contributed by atoms with Crippen LogP contribution in [-0.4, -0.2) is 36.2 Å². The number of nitriles is 1. The maximum atomic E-state index is 13.3. The molecule has 11 nitrogen and oxygen atoms in total. The molecule has 0 atom stereocenters. The van der Waals surface area contributed by atoms with Crippen LogP contribution in [0.25, 0.3) is 22.2 Å². The van der Waals surface area contributed by atoms with Gasteiger partial charge in [0, 0.05) is 26.5 Å². The molecule has 0 unspecified atom stereocenters. The molecular weight excluding hydrogens is 493 g/mol. The zero-order valence-electron chi connectivity index (χ0n) is 19.5. The van der Waals surface area contributed by atoms with Crippen molar-refractivity contribution in [2.45, 2.75) is 6.18 Å². The van der Waals surface area contributed by atoms with E-state index in [1.807, 2.05) is 0 Å². The minimum absolute atomic E-state index is 0.00715. The summed E-state index contributed by atoms with van der Waals surface area (Å²) in [5.41, 5.74) is -1.01. The number of anilines is 2. The highest BCUT2D eigenvalue weighted by Crippen LogP contribution is 2.34. The first-order valence-corrected chi connectivity index (χ1v) is 10.6. The van der Waals surface area contributed by atoms with Gasteiger partial charge in [0.05, 0.1) is 30.5 Å². The minimum Gasteiger partial charge on any atom is -0.494 e. The molecule has 5 aromatic rings. The van der Waals surface area contributed by atoms with E-state index in [1.54, 1.807) is 12.3 Å². The maximum absolute atomic E-state index is 13.3. The van der Waals surface area contributed by atoms with Crippen molar-refractivity contribution in [3.8, 4) is 23.3 Å². The van der Waals surface area contributed by atoms with Gasteiger partial charge >= 0.3 is 6.18 Å². The zero-order chi connectivity index (χ0) is 26.5. The molecule has 14 heteroatoms. The van der Waals surface area contributed by atoms with Gasteiger partial charge in [-0.1, -0.05) is 0 Å². The molecule has 0 aromatic carbocycles. The number of ether oxygens (including phenoxy) is 2. The van der Waals surface area contributed by atoms with Crippen molar-refractivity contribution in [1.29, 1.82) is 5.26 Å². The van der Waals surface area contributed by atoms with Gasteiger partial charge in [0.25, 0.3) is 5.56 Å². The number of fused-ring (bicyclic) bond motifs is 2. The Balaban J connectivity index is 1.55. The van der Waals surface area contributed by atoms with Gasteiger partial charge in [-0.05, 0) is 12.1 Å². The maximum Gasteiger partial charge on any atom is 0.417 e. The topological polar surface area (TPSA) is 136 Å². The molecule has 0 amide bonds. The lowest BCUT2D eigenvalue weighted by Crippen LogP contribution is -2.23. The van der Waals surface area contributed by atoms with Gasteiger partial charge in [0.15, 0.2) is 11.4 Å². The van der Waals surface area contributed by atoms with Crippen molar-refractivity contribution in [1.82, 2.24) is 29.1 Å². The molecule has 0 saturated carbocycles. The van der Waals surface area contributed by atoms with Crippen LogP contribution in [-0.2, 0) is 20.3 Å². The molecule has 5 aromatic heterocycles. The van der Waals surface area contributed by atoms with E-state index in [9.17, 15) is 23.2 Å². The third-order valence-corrected chi connectivity index (χ3v) is 5.65. The van der Waals surface area contributed by atoms with E-state index in [0.29, 0.717) is 34.8 Å². The number of imidazole rings is 1. The average Bonchev–Trinajstić information content (AvgIpc) is 3.41. The van der Waals surface area contributed by atoms with Gasteiger partial charge in [0.1, 0.15) is 40.0 Å². The lowest BCUT2D eigenvalue weighted by atomic mass is 10.2. The number of nitrogens with zero attached hydrogens (tertiary/aromatic N) is 6. The van der Waals surface area contributed by atoms with Crippen molar-refractivity contribution >= 4 is 33.8 Å². The van der Waals surface area contributed by atoms with E-state index in [1.165, 1.54) is 38.2 Å². The summed E-state index contributed by atoms with van der Waals surface area (Å²) in [6.07, 6.45) is 0.468. The molecular formula is C23H17F3N8O3. The Morgan fingerprint density at radius 3 is 2.65 bits per heavy atom. The summed E-state index contributed by atoms with van der Waals surface area (Å²) < 4.78 is 53.2. The quantitative estimate of drug-likeness (QED) is 0.363. The molecule has 37 heavy (non-hydrogen) atoms. The number of aryl methyl sites for hydroxylation is 2. The van der Waals surface area contributed by atoms with Crippen LogP contribution >= 0.6 is 0 Å². The molecule has 0 aliphatic carbocycles. The van der Waals surface area contributed by atoms with Crippen molar-refractivity contribution in [3.63, 3.8) is 0 Å². The van der Waals surface area contributed by atoms with Gasteiger partial charge in [-0.2, -0.15) is 23.4 Å². The SMILES string of the molecule is COc1c[nH]c2ncc(Oc3cnc4nc(Nc5cc(C(F)(F)F)cn(C)c5=O)n(C)c4c3C#N)cc12. The first-order chi connectivity index (χ1) is 17.6. The highest BCUT2D eigenvalue weighted by molar-refractivity contribution is 5.85. The molecule has 0 aliphatic heterocycles. The van der Waals surface area contributed by atoms with E-state index in [4.69, 9.17) is 9.47 Å². The Kier molecular flexibility index (Phi) is 5.47. The van der Waals surface area contributed by atoms with Crippen molar-refractivity contribution in [2.24, 2.45) is 14.1 Å². The fourth-order valence-corrected chi connectivity index (χ4v) is 3.84. The van der Waals surface area contributed by atoms with Crippen LogP contribution < -0.4 is 20.3 Å². The molecule has 0 aliphatic rings. The van der Waals surface area contributed by atoms with Crippen LogP contribution in [0.2, 0.25) is 0 Å². The lowest BCUT2D eigenvalue weighted by Gasteiger charge is -2.12. The standard InChI is InChI=1S/C23H17F3N8O3/c1-33-10-11(23(24,25)26)4-15(21(33)35)31-22-32-20-18(34(22)2)14(6-27)17(9-30-20)37-12-5-13-16(36-3)8-29-19(13)28-7-12/h4-5,7-10H,1-3H3,(H,28,29)(H,30,31,32). The highest BCUT2D eigenvalue weighted by Gasteiger charge is 2.32. The molecule has 0 spiro atoms. The monoisotopic (exact) mass is 510 g/mol. The number of alkyl halides is 3. The van der Waals surface area contributed by atoms with Gasteiger partial charge < -0.3 is 28.9 Å². The number of methoxy groups -OCH3 is 1. The van der Waals surface area contributed by atoms with E-state index >= 15 is 0 Å². The van der Waals surface area contributed by atoms with E-state index in [2.05, 4.69) is 31.3 Å². The number of H-pyrrole nitrogens is 1. The number of pyridine rings is 3. The molecule has 5 rings (SSSR count). The Morgan fingerprint density at radius 2 is 1.95 bits per heavy atom. The molecule has 0 saturated heterocycles. The smallest absolute Gasteiger partial charge is 0.417 e. The predicted octanol–water partition coefficient (Wildman–Crippen LogP) is 3.98. The van der Waals surface area contributed by atoms with Crippen LogP contribution in [0.1, 0.15) is 11.1 Å². The first-order valence-electron chi connectivity index (χ1n) is 10.6. The average molecular weight is 510 g/mol. The van der Waals surface area contributed by atoms with Crippen LogP contribution in [0.4, 0.5) is 24.8 Å². The normalized spacial score (nSPS) is 11.6. The fraction of sp³-hybridized carbons (Fsp3) is 0.174. The molecule has 0 bridgehead atoms. The number of hydrogen-bond acceptors (Lipinski definition) is 8. The number of rotatable bonds is 5. The van der Waals surface area contributed by atoms with Crippen molar-refractivity contribution in [2.75, 3.05) is 12.4 Å². The predicted molar refractivity (Wildman–Crippen MR) is 126 cm³/mol. The Labute approximate surface area is 205 Å². The Hall–Kier alpha value is -5.06. The second-order valence-electron chi connectivity index (χ2n) is 7.98. The summed E-state index contributed by atoms with van der Waals surface area (Å²) in [5.74, 6) is 0.990. The van der Waals surface area contributed by atoms with Crippen molar-refractivity contribution in [3.05, 3.63) is 58.4 Å². The molecule has 0 fully saturated rings. The summed E-state index contributed by atoms with van der Waals surface area (Å²) in [5, 5.41) is 13.2. The molecule has 188 valence electrons. The lowest BCUT2D eigenvalue weighted by molar-refractivity contribution is -0.138. The number of nitrogens with one attached hydrogen (secondary N) is 2. The second-order valence-corrected chi connectivity index (χ2v) is 7.98. The third-order valence-electron chi connectivity index (χ3n) is 5.65. The summed E-state index contributed by atoms with van der Waals surface area (Å²) in [4.78, 5) is 28.2. The van der Waals surface area contributed by atoms with Gasteiger partial charge in [-0.25, -0.2) is 9.97 Å². The van der Waals surface area contributed by atoms with Gasteiger partial charge in [0.2, 0.25) is 5.95 Å². The van der Waals surface area contributed by atoms with Crippen LogP contribution in [0.5, 0.6) is 17.2 Å². The number of hydrogen-bond donors (Lipinski definition) is 2. The highest BCUT2D eigenvalue weighted by atomic mass is 19.4. The molecule has 2 N–H and O–H groups in total. The molecule has 5 heterocycles. The summed E-state index contributed by atoms with van der Waals surface area (Å²) in [7, 11) is 4.26. The first kappa shape index (κ1) is 23.7. The van der Waals surface area contributed by atoms with Crippen molar-refractivity contribution < 1.29 is 22.6 Å². The minimum atomic E-state index is -4.65. The summed E-state index contributed by atoms with van der Waals surface area (Å²) >= 11 is 0. The van der Waals surface area contributed by atoms with Gasteiger partial charge in [-0.15, -0.1) is 0 Å². The number of halogens is 3. The van der Waals surface area contributed by atoms with Gasteiger partial charge in [-0.3, -0.25) is 4.79 Å². The van der Waals surface area contributed by atoms with E-state index < -0.39 is 17.3 Å². The Bertz CT molecular complexity index is 1780. The largest absolute Gasteiger partial charge is 0.494 e. The van der Waals surface area contributed by atoms with E-state index in [0.717, 1.165) is 4.57 Å². The van der Waals surface area contributed by atoms with Crippen LogP contribution in [0.15, 0.2) is 41.7 Å². The molecule has 0 radical (unpaired) electrons.